The van der Waals surface area contributed by atoms with Crippen molar-refractivity contribution in [1.82, 2.24) is 0 Å². The van der Waals surface area contributed by atoms with Crippen molar-refractivity contribution in [2.45, 2.75) is 26.7 Å². The summed E-state index contributed by atoms with van der Waals surface area (Å²) < 4.78 is 18.4. The molecule has 0 radical (unpaired) electrons. The molecule has 0 bridgehead atoms. The van der Waals surface area contributed by atoms with E-state index in [1.165, 1.54) is 18.2 Å². The summed E-state index contributed by atoms with van der Waals surface area (Å²) in [6, 6.07) is 12.2. The molecule has 2 rings (SSSR count). The first kappa shape index (κ1) is 20.3. The van der Waals surface area contributed by atoms with Gasteiger partial charge in [0, 0.05) is 17.7 Å². The number of rotatable bonds is 8. The quantitative estimate of drug-likeness (QED) is 0.566. The normalized spacial score (nSPS) is 10.5. The van der Waals surface area contributed by atoms with E-state index in [4.69, 9.17) is 4.74 Å². The molecular formula is C21H22FNO4. The molecule has 0 aliphatic carbocycles. The number of ether oxygens (including phenoxy) is 1. The number of benzene rings is 2. The van der Waals surface area contributed by atoms with Crippen molar-refractivity contribution in [3.63, 3.8) is 0 Å². The van der Waals surface area contributed by atoms with Crippen molar-refractivity contribution in [3.05, 3.63) is 65.5 Å². The fourth-order valence-corrected chi connectivity index (χ4v) is 2.40. The highest BCUT2D eigenvalue weighted by Crippen LogP contribution is 2.12. The summed E-state index contributed by atoms with van der Waals surface area (Å²) in [5, 5.41) is 2.75. The van der Waals surface area contributed by atoms with Gasteiger partial charge < -0.3 is 10.1 Å². The zero-order chi connectivity index (χ0) is 19.8. The smallest absolute Gasteiger partial charge is 0.310 e. The Labute approximate surface area is 157 Å². The van der Waals surface area contributed by atoms with Gasteiger partial charge in [0.05, 0.1) is 6.42 Å². The number of esters is 1. The molecule has 5 nitrogen and oxygen atoms in total. The van der Waals surface area contributed by atoms with Gasteiger partial charge in [-0.15, -0.1) is 0 Å². The maximum Gasteiger partial charge on any atom is 0.310 e. The van der Waals surface area contributed by atoms with Crippen LogP contribution in [0.25, 0.3) is 0 Å². The summed E-state index contributed by atoms with van der Waals surface area (Å²) in [7, 11) is 0. The summed E-state index contributed by atoms with van der Waals surface area (Å²) >= 11 is 0. The second-order valence-corrected chi connectivity index (χ2v) is 6.58. The molecule has 0 unspecified atom stereocenters. The number of halogens is 1. The molecule has 0 aliphatic rings. The topological polar surface area (TPSA) is 72.5 Å². The minimum Gasteiger partial charge on any atom is -0.457 e. The number of hydrogen-bond acceptors (Lipinski definition) is 4. The van der Waals surface area contributed by atoms with Gasteiger partial charge in [-0.1, -0.05) is 32.0 Å². The van der Waals surface area contributed by atoms with Gasteiger partial charge in [0.2, 0.25) is 5.91 Å². The Hall–Kier alpha value is -3.02. The highest BCUT2D eigenvalue weighted by Gasteiger charge is 2.13. The molecule has 0 saturated heterocycles. The monoisotopic (exact) mass is 371 g/mol. The largest absolute Gasteiger partial charge is 0.457 e. The molecule has 0 atom stereocenters. The van der Waals surface area contributed by atoms with Crippen LogP contribution in [-0.2, 0) is 20.7 Å². The highest BCUT2D eigenvalue weighted by atomic mass is 19.1. The van der Waals surface area contributed by atoms with Crippen LogP contribution >= 0.6 is 0 Å². The lowest BCUT2D eigenvalue weighted by molar-refractivity contribution is -0.141. The van der Waals surface area contributed by atoms with Crippen LogP contribution in [0.1, 0.15) is 36.2 Å². The second-order valence-electron chi connectivity index (χ2n) is 6.58. The van der Waals surface area contributed by atoms with E-state index in [2.05, 4.69) is 5.32 Å². The van der Waals surface area contributed by atoms with Gasteiger partial charge in [-0.3, -0.25) is 14.4 Å². The third kappa shape index (κ3) is 6.66. The van der Waals surface area contributed by atoms with Crippen LogP contribution in [0.4, 0.5) is 10.1 Å². The number of nitrogens with one attached hydrogen (secondary N) is 1. The molecule has 0 aromatic heterocycles. The first-order valence-corrected chi connectivity index (χ1v) is 8.67. The molecule has 1 N–H and O–H groups in total. The first-order valence-electron chi connectivity index (χ1n) is 8.67. The van der Waals surface area contributed by atoms with E-state index in [9.17, 15) is 18.8 Å². The van der Waals surface area contributed by atoms with Gasteiger partial charge in [0.1, 0.15) is 5.82 Å². The lowest BCUT2D eigenvalue weighted by atomic mass is 10.1. The van der Waals surface area contributed by atoms with Crippen molar-refractivity contribution >= 4 is 23.3 Å². The molecule has 0 fully saturated rings. The summed E-state index contributed by atoms with van der Waals surface area (Å²) in [6.45, 7) is 3.48. The summed E-state index contributed by atoms with van der Waals surface area (Å²) in [4.78, 5) is 35.6. The Morgan fingerprint density at radius 1 is 1.04 bits per heavy atom. The fraction of sp³-hybridized carbons (Fsp3) is 0.286. The van der Waals surface area contributed by atoms with Gasteiger partial charge in [0.25, 0.3) is 0 Å². The van der Waals surface area contributed by atoms with Gasteiger partial charge in [-0.25, -0.2) is 4.39 Å². The molecule has 6 heteroatoms. The van der Waals surface area contributed by atoms with Crippen molar-refractivity contribution < 1.29 is 23.5 Å². The molecule has 142 valence electrons. The zero-order valence-electron chi connectivity index (χ0n) is 15.3. The maximum absolute atomic E-state index is 13.5. The lowest BCUT2D eigenvalue weighted by Gasteiger charge is -2.08. The SMILES string of the molecule is CC(C)CC(=O)Nc1ccc(C(=O)COC(=O)Cc2ccccc2F)cc1. The number of carbonyl (C=O) groups excluding carboxylic acids is 3. The van der Waals surface area contributed by atoms with E-state index >= 15 is 0 Å². The predicted octanol–water partition coefficient (Wildman–Crippen LogP) is 3.78. The Morgan fingerprint density at radius 3 is 2.33 bits per heavy atom. The number of amides is 1. The average molecular weight is 371 g/mol. The number of ketones is 1. The molecular weight excluding hydrogens is 349 g/mol. The van der Waals surface area contributed by atoms with Gasteiger partial charge in [-0.2, -0.15) is 0 Å². The number of Topliss-reactive ketones (excluding diaryl/α,β-unsaturated/α-hetero) is 1. The molecule has 2 aromatic carbocycles. The van der Waals surface area contributed by atoms with E-state index in [0.29, 0.717) is 17.7 Å². The first-order chi connectivity index (χ1) is 12.8. The van der Waals surface area contributed by atoms with Gasteiger partial charge in [-0.05, 0) is 41.8 Å². The molecule has 2 aromatic rings. The van der Waals surface area contributed by atoms with E-state index in [1.807, 2.05) is 13.8 Å². The standard InChI is InChI=1S/C21H22FNO4/c1-14(2)11-20(25)23-17-9-7-15(8-10-17)19(24)13-27-21(26)12-16-5-3-4-6-18(16)22/h3-10,14H,11-13H2,1-2H3,(H,23,25). The zero-order valence-corrected chi connectivity index (χ0v) is 15.3. The van der Waals surface area contributed by atoms with Crippen LogP contribution in [0, 0.1) is 11.7 Å². The summed E-state index contributed by atoms with van der Waals surface area (Å²) in [6.07, 6.45) is 0.180. The maximum atomic E-state index is 13.5. The molecule has 27 heavy (non-hydrogen) atoms. The van der Waals surface area contributed by atoms with Crippen molar-refractivity contribution in [1.29, 1.82) is 0 Å². The van der Waals surface area contributed by atoms with E-state index in [0.717, 1.165) is 0 Å². The van der Waals surface area contributed by atoms with Crippen LogP contribution in [0.15, 0.2) is 48.5 Å². The molecule has 0 spiro atoms. The summed E-state index contributed by atoms with van der Waals surface area (Å²) in [5.74, 6) is -1.38. The van der Waals surface area contributed by atoms with E-state index in [-0.39, 0.29) is 29.6 Å². The Balaban J connectivity index is 1.84. The number of carbonyl (C=O) groups is 3. The Bertz CT molecular complexity index is 815. The average Bonchev–Trinajstić information content (AvgIpc) is 2.61. The predicted molar refractivity (Wildman–Crippen MR) is 99.9 cm³/mol. The molecule has 0 aliphatic heterocycles. The Morgan fingerprint density at radius 2 is 1.70 bits per heavy atom. The number of hydrogen-bond donors (Lipinski definition) is 1. The van der Waals surface area contributed by atoms with Crippen LogP contribution in [-0.4, -0.2) is 24.3 Å². The highest BCUT2D eigenvalue weighted by molar-refractivity contribution is 5.99. The third-order valence-corrected chi connectivity index (χ3v) is 3.74. The van der Waals surface area contributed by atoms with Crippen LogP contribution in [0.5, 0.6) is 0 Å². The van der Waals surface area contributed by atoms with Gasteiger partial charge in [0.15, 0.2) is 12.4 Å². The fourth-order valence-electron chi connectivity index (χ4n) is 2.40. The van der Waals surface area contributed by atoms with Crippen LogP contribution in [0.2, 0.25) is 0 Å². The second kappa shape index (κ2) is 9.62. The van der Waals surface area contributed by atoms with Crippen LogP contribution in [0.3, 0.4) is 0 Å². The molecule has 1 amide bonds. The van der Waals surface area contributed by atoms with E-state index < -0.39 is 18.4 Å². The minimum absolute atomic E-state index is 0.0915. The Kier molecular flexibility index (Phi) is 7.23. The van der Waals surface area contributed by atoms with Gasteiger partial charge >= 0.3 is 5.97 Å². The van der Waals surface area contributed by atoms with Crippen molar-refractivity contribution in [3.8, 4) is 0 Å². The minimum atomic E-state index is -0.675. The summed E-state index contributed by atoms with van der Waals surface area (Å²) in [5.41, 5.74) is 1.17. The van der Waals surface area contributed by atoms with Crippen molar-refractivity contribution in [2.75, 3.05) is 11.9 Å². The van der Waals surface area contributed by atoms with Crippen molar-refractivity contribution in [2.24, 2.45) is 5.92 Å². The van der Waals surface area contributed by atoms with Crippen LogP contribution < -0.4 is 5.32 Å². The molecule has 0 saturated carbocycles. The number of anilines is 1. The van der Waals surface area contributed by atoms with E-state index in [1.54, 1.807) is 30.3 Å². The third-order valence-electron chi connectivity index (χ3n) is 3.74. The molecule has 0 heterocycles. The lowest BCUT2D eigenvalue weighted by Crippen LogP contribution is -2.16.